The molecule has 0 bridgehead atoms. The van der Waals surface area contributed by atoms with Gasteiger partial charge in [-0.1, -0.05) is 69.9 Å². The third-order valence-electron chi connectivity index (χ3n) is 5.44. The van der Waals surface area contributed by atoms with Crippen molar-refractivity contribution in [3.8, 4) is 0 Å². The summed E-state index contributed by atoms with van der Waals surface area (Å²) in [6.07, 6.45) is 8.67. The SMILES string of the molecule is CC(C)N[C@H]1C[C@H]2CCCC[C@@H]2C[C@H]1c1ccccc1.Cl. The highest BCUT2D eigenvalue weighted by Crippen LogP contribution is 2.46. The van der Waals surface area contributed by atoms with Crippen molar-refractivity contribution >= 4 is 12.4 Å². The molecule has 0 amide bonds. The number of benzene rings is 1. The largest absolute Gasteiger partial charge is 0.311 e. The van der Waals surface area contributed by atoms with Crippen LogP contribution in [0, 0.1) is 11.8 Å². The number of hydrogen-bond acceptors (Lipinski definition) is 1. The Kier molecular flexibility index (Phi) is 6.13. The van der Waals surface area contributed by atoms with Crippen molar-refractivity contribution < 1.29 is 0 Å². The zero-order chi connectivity index (χ0) is 13.9. The molecule has 4 atom stereocenters. The fourth-order valence-corrected chi connectivity index (χ4v) is 4.57. The molecule has 0 unspecified atom stereocenters. The molecule has 21 heavy (non-hydrogen) atoms. The molecule has 0 saturated heterocycles. The first-order chi connectivity index (χ1) is 9.74. The van der Waals surface area contributed by atoms with Crippen LogP contribution in [0.25, 0.3) is 0 Å². The van der Waals surface area contributed by atoms with Crippen molar-refractivity contribution in [2.75, 3.05) is 0 Å². The maximum Gasteiger partial charge on any atom is 0.0141 e. The summed E-state index contributed by atoms with van der Waals surface area (Å²) in [6, 6.07) is 12.5. The number of halogens is 1. The van der Waals surface area contributed by atoms with Crippen LogP contribution in [0.5, 0.6) is 0 Å². The van der Waals surface area contributed by atoms with Crippen LogP contribution < -0.4 is 5.32 Å². The van der Waals surface area contributed by atoms with E-state index in [0.717, 1.165) is 17.8 Å². The summed E-state index contributed by atoms with van der Waals surface area (Å²) in [4.78, 5) is 0. The minimum absolute atomic E-state index is 0. The summed E-state index contributed by atoms with van der Waals surface area (Å²) in [5.41, 5.74) is 1.55. The van der Waals surface area contributed by atoms with Gasteiger partial charge in [0, 0.05) is 12.1 Å². The molecule has 3 rings (SSSR count). The average molecular weight is 308 g/mol. The minimum Gasteiger partial charge on any atom is -0.311 e. The highest BCUT2D eigenvalue weighted by Gasteiger charge is 2.38. The van der Waals surface area contributed by atoms with Crippen molar-refractivity contribution in [1.29, 1.82) is 0 Å². The van der Waals surface area contributed by atoms with Gasteiger partial charge in [0.15, 0.2) is 0 Å². The molecule has 2 aliphatic rings. The molecule has 0 spiro atoms. The first-order valence-corrected chi connectivity index (χ1v) is 8.55. The number of rotatable bonds is 3. The molecule has 1 N–H and O–H groups in total. The second kappa shape index (κ2) is 7.65. The van der Waals surface area contributed by atoms with Gasteiger partial charge in [0.2, 0.25) is 0 Å². The molecule has 2 heteroatoms. The van der Waals surface area contributed by atoms with E-state index in [2.05, 4.69) is 49.5 Å². The summed E-state index contributed by atoms with van der Waals surface area (Å²) in [5, 5.41) is 3.86. The van der Waals surface area contributed by atoms with Crippen molar-refractivity contribution in [3.63, 3.8) is 0 Å². The molecular weight excluding hydrogens is 278 g/mol. The first kappa shape index (κ1) is 16.8. The zero-order valence-corrected chi connectivity index (χ0v) is 14.2. The van der Waals surface area contributed by atoms with Gasteiger partial charge in [0.25, 0.3) is 0 Å². The summed E-state index contributed by atoms with van der Waals surface area (Å²) >= 11 is 0. The average Bonchev–Trinajstić information content (AvgIpc) is 2.47. The van der Waals surface area contributed by atoms with E-state index in [9.17, 15) is 0 Å². The molecule has 0 radical (unpaired) electrons. The van der Waals surface area contributed by atoms with Gasteiger partial charge in [-0.3, -0.25) is 0 Å². The van der Waals surface area contributed by atoms with Crippen molar-refractivity contribution in [1.82, 2.24) is 5.32 Å². The van der Waals surface area contributed by atoms with Crippen LogP contribution in [0.15, 0.2) is 30.3 Å². The van der Waals surface area contributed by atoms with Crippen LogP contribution in [-0.2, 0) is 0 Å². The molecule has 1 aromatic rings. The normalized spacial score (nSPS) is 32.3. The standard InChI is InChI=1S/C19H29N.ClH/c1-14(2)20-19-13-17-11-7-6-10-16(17)12-18(19)15-8-4-3-5-9-15;/h3-5,8-9,14,16-20H,6-7,10-13H2,1-2H3;1H/t16-,17-,18+,19+;/m1./s1. The van der Waals surface area contributed by atoms with E-state index in [1.165, 1.54) is 38.5 Å². The van der Waals surface area contributed by atoms with Crippen LogP contribution in [0.3, 0.4) is 0 Å². The van der Waals surface area contributed by atoms with E-state index in [1.54, 1.807) is 5.56 Å². The van der Waals surface area contributed by atoms with Crippen LogP contribution in [-0.4, -0.2) is 12.1 Å². The van der Waals surface area contributed by atoms with Crippen LogP contribution in [0.4, 0.5) is 0 Å². The highest BCUT2D eigenvalue weighted by molar-refractivity contribution is 5.85. The molecule has 0 heterocycles. The van der Waals surface area contributed by atoms with Gasteiger partial charge in [-0.2, -0.15) is 0 Å². The Morgan fingerprint density at radius 2 is 1.57 bits per heavy atom. The second-order valence-electron chi connectivity index (χ2n) is 7.22. The van der Waals surface area contributed by atoms with Gasteiger partial charge in [-0.05, 0) is 36.2 Å². The zero-order valence-electron chi connectivity index (χ0n) is 13.4. The van der Waals surface area contributed by atoms with Gasteiger partial charge in [-0.25, -0.2) is 0 Å². The predicted octanol–water partition coefficient (Wildman–Crippen LogP) is 5.16. The van der Waals surface area contributed by atoms with Crippen LogP contribution in [0.2, 0.25) is 0 Å². The molecule has 118 valence electrons. The minimum atomic E-state index is 0. The van der Waals surface area contributed by atoms with Crippen LogP contribution >= 0.6 is 12.4 Å². The van der Waals surface area contributed by atoms with E-state index in [1.807, 2.05) is 0 Å². The molecule has 2 fully saturated rings. The van der Waals surface area contributed by atoms with E-state index in [0.29, 0.717) is 12.1 Å². The van der Waals surface area contributed by atoms with Crippen molar-refractivity contribution in [2.24, 2.45) is 11.8 Å². The third-order valence-corrected chi connectivity index (χ3v) is 5.44. The summed E-state index contributed by atoms with van der Waals surface area (Å²) in [5.74, 6) is 2.69. The monoisotopic (exact) mass is 307 g/mol. The molecule has 0 aromatic heterocycles. The quantitative estimate of drug-likeness (QED) is 0.813. The second-order valence-corrected chi connectivity index (χ2v) is 7.22. The van der Waals surface area contributed by atoms with Crippen LogP contribution in [0.1, 0.15) is 63.9 Å². The lowest BCUT2D eigenvalue weighted by Crippen LogP contribution is -2.46. The van der Waals surface area contributed by atoms with Gasteiger partial charge in [0.05, 0.1) is 0 Å². The smallest absolute Gasteiger partial charge is 0.0141 e. The first-order valence-electron chi connectivity index (χ1n) is 8.55. The Balaban J connectivity index is 0.00000161. The summed E-state index contributed by atoms with van der Waals surface area (Å²) < 4.78 is 0. The molecule has 2 saturated carbocycles. The predicted molar refractivity (Wildman–Crippen MR) is 93.2 cm³/mol. The fraction of sp³-hybridized carbons (Fsp3) is 0.684. The number of hydrogen-bond donors (Lipinski definition) is 1. The Morgan fingerprint density at radius 1 is 0.952 bits per heavy atom. The maximum absolute atomic E-state index is 3.86. The number of nitrogens with one attached hydrogen (secondary N) is 1. The lowest BCUT2D eigenvalue weighted by Gasteiger charge is -2.45. The van der Waals surface area contributed by atoms with Gasteiger partial charge in [0.1, 0.15) is 0 Å². The third kappa shape index (κ3) is 4.02. The fourth-order valence-electron chi connectivity index (χ4n) is 4.57. The molecule has 1 nitrogen and oxygen atoms in total. The van der Waals surface area contributed by atoms with E-state index in [-0.39, 0.29) is 12.4 Å². The van der Waals surface area contributed by atoms with E-state index < -0.39 is 0 Å². The Bertz CT molecular complexity index is 417. The molecular formula is C19H30ClN. The van der Waals surface area contributed by atoms with Crippen molar-refractivity contribution in [3.05, 3.63) is 35.9 Å². The highest BCUT2D eigenvalue weighted by atomic mass is 35.5. The molecule has 1 aromatic carbocycles. The maximum atomic E-state index is 3.86. The van der Waals surface area contributed by atoms with Gasteiger partial charge in [-0.15, -0.1) is 12.4 Å². The topological polar surface area (TPSA) is 12.0 Å². The van der Waals surface area contributed by atoms with E-state index in [4.69, 9.17) is 0 Å². The Morgan fingerprint density at radius 3 is 2.19 bits per heavy atom. The van der Waals surface area contributed by atoms with Gasteiger partial charge < -0.3 is 5.32 Å². The van der Waals surface area contributed by atoms with E-state index >= 15 is 0 Å². The lowest BCUT2D eigenvalue weighted by atomic mass is 9.64. The Labute approximate surface area is 136 Å². The van der Waals surface area contributed by atoms with Crippen molar-refractivity contribution in [2.45, 2.75) is 70.4 Å². The summed E-state index contributed by atoms with van der Waals surface area (Å²) in [7, 11) is 0. The van der Waals surface area contributed by atoms with Gasteiger partial charge >= 0.3 is 0 Å². The molecule has 2 aliphatic carbocycles. The lowest BCUT2D eigenvalue weighted by molar-refractivity contribution is 0.122. The molecule has 0 aliphatic heterocycles. The number of fused-ring (bicyclic) bond motifs is 1. The Hall–Kier alpha value is -0.530. The summed E-state index contributed by atoms with van der Waals surface area (Å²) in [6.45, 7) is 4.57.